The third kappa shape index (κ3) is 4.38. The Morgan fingerprint density at radius 3 is 2.64 bits per heavy atom. The quantitative estimate of drug-likeness (QED) is 0.832. The molecular formula is C17H21FN2O3S2. The molecule has 0 aliphatic carbocycles. The van der Waals surface area contributed by atoms with Gasteiger partial charge in [-0.25, -0.2) is 17.5 Å². The Morgan fingerprint density at radius 1 is 1.24 bits per heavy atom. The molecule has 1 saturated heterocycles. The molecule has 1 fully saturated rings. The number of hydrogen-bond donors (Lipinski definition) is 1. The summed E-state index contributed by atoms with van der Waals surface area (Å²) in [4.78, 5) is 2.95. The Bertz CT molecular complexity index is 830. The lowest BCUT2D eigenvalue weighted by Crippen LogP contribution is -2.36. The lowest BCUT2D eigenvalue weighted by Gasteiger charge is -2.29. The summed E-state index contributed by atoms with van der Waals surface area (Å²) in [7, 11) is -3.57. The molecule has 2 heterocycles. The van der Waals surface area contributed by atoms with Gasteiger partial charge in [0.1, 0.15) is 10.0 Å². The Morgan fingerprint density at radius 2 is 2.00 bits per heavy atom. The van der Waals surface area contributed by atoms with E-state index in [1.54, 1.807) is 18.2 Å². The molecule has 1 aliphatic heterocycles. The number of nitrogens with one attached hydrogen (secondary N) is 1. The Balaban J connectivity index is 1.67. The molecule has 136 valence electrons. The minimum absolute atomic E-state index is 0.0575. The average Bonchev–Trinajstić information content (AvgIpc) is 3.11. The lowest BCUT2D eigenvalue weighted by molar-refractivity contribution is 0.122. The summed E-state index contributed by atoms with van der Waals surface area (Å²) in [6, 6.07) is 8.26. The van der Waals surface area contributed by atoms with Crippen molar-refractivity contribution in [2.24, 2.45) is 0 Å². The van der Waals surface area contributed by atoms with Crippen molar-refractivity contribution in [3.05, 3.63) is 46.6 Å². The first-order chi connectivity index (χ1) is 12.0. The number of morpholine rings is 1. The van der Waals surface area contributed by atoms with Crippen LogP contribution < -0.4 is 9.62 Å². The van der Waals surface area contributed by atoms with E-state index < -0.39 is 10.0 Å². The summed E-state index contributed by atoms with van der Waals surface area (Å²) in [6.45, 7) is 4.52. The SMILES string of the molecule is CCc1ccc(S(=O)(=O)NCc2ccc(N3CCOCC3)c(F)c2)s1. The van der Waals surface area contributed by atoms with Crippen LogP contribution in [0.15, 0.2) is 34.5 Å². The van der Waals surface area contributed by atoms with Gasteiger partial charge < -0.3 is 9.64 Å². The molecule has 0 saturated carbocycles. The van der Waals surface area contributed by atoms with Gasteiger partial charge in [-0.2, -0.15) is 0 Å². The first kappa shape index (κ1) is 18.3. The molecule has 0 spiro atoms. The number of nitrogens with zero attached hydrogens (tertiary/aromatic N) is 1. The van der Waals surface area contributed by atoms with Crippen LogP contribution in [0.25, 0.3) is 0 Å². The minimum atomic E-state index is -3.57. The number of thiophene rings is 1. The number of aryl methyl sites for hydroxylation is 1. The first-order valence-electron chi connectivity index (χ1n) is 8.19. The van der Waals surface area contributed by atoms with Crippen LogP contribution in [0.3, 0.4) is 0 Å². The number of benzene rings is 1. The molecule has 0 unspecified atom stereocenters. The van der Waals surface area contributed by atoms with E-state index >= 15 is 0 Å². The van der Waals surface area contributed by atoms with Gasteiger partial charge in [-0.05, 0) is 36.2 Å². The van der Waals surface area contributed by atoms with Crippen LogP contribution in [-0.2, 0) is 27.7 Å². The van der Waals surface area contributed by atoms with Crippen molar-refractivity contribution in [1.82, 2.24) is 4.72 Å². The number of sulfonamides is 1. The van der Waals surface area contributed by atoms with Gasteiger partial charge in [0.05, 0.1) is 18.9 Å². The Hall–Kier alpha value is -1.48. The predicted molar refractivity (Wildman–Crippen MR) is 97.2 cm³/mol. The molecule has 8 heteroatoms. The highest BCUT2D eigenvalue weighted by atomic mass is 32.2. The van der Waals surface area contributed by atoms with Crippen LogP contribution >= 0.6 is 11.3 Å². The number of ether oxygens (including phenoxy) is 1. The van der Waals surface area contributed by atoms with Crippen molar-refractivity contribution in [3.8, 4) is 0 Å². The molecule has 1 aromatic carbocycles. The van der Waals surface area contributed by atoms with Gasteiger partial charge in [0.2, 0.25) is 10.0 Å². The molecule has 1 aromatic heterocycles. The molecule has 3 rings (SSSR count). The summed E-state index contributed by atoms with van der Waals surface area (Å²) < 4.78 is 47.1. The number of halogens is 1. The first-order valence-corrected chi connectivity index (χ1v) is 10.5. The van der Waals surface area contributed by atoms with E-state index in [-0.39, 0.29) is 16.6 Å². The third-order valence-corrected chi connectivity index (χ3v) is 7.20. The van der Waals surface area contributed by atoms with Crippen LogP contribution in [0.4, 0.5) is 10.1 Å². The van der Waals surface area contributed by atoms with Crippen molar-refractivity contribution in [2.45, 2.75) is 24.1 Å². The topological polar surface area (TPSA) is 58.6 Å². The van der Waals surface area contributed by atoms with Crippen molar-refractivity contribution >= 4 is 27.0 Å². The zero-order chi connectivity index (χ0) is 17.9. The van der Waals surface area contributed by atoms with Crippen LogP contribution in [0.2, 0.25) is 0 Å². The van der Waals surface area contributed by atoms with Gasteiger partial charge in [-0.3, -0.25) is 0 Å². The molecule has 0 radical (unpaired) electrons. The zero-order valence-corrected chi connectivity index (χ0v) is 15.6. The molecule has 25 heavy (non-hydrogen) atoms. The van der Waals surface area contributed by atoms with Gasteiger partial charge in [0.15, 0.2) is 0 Å². The number of anilines is 1. The van der Waals surface area contributed by atoms with Gasteiger partial charge in [-0.1, -0.05) is 13.0 Å². The summed E-state index contributed by atoms with van der Waals surface area (Å²) in [5.41, 5.74) is 1.12. The van der Waals surface area contributed by atoms with E-state index in [9.17, 15) is 12.8 Å². The van der Waals surface area contributed by atoms with E-state index in [2.05, 4.69) is 4.72 Å². The maximum Gasteiger partial charge on any atom is 0.250 e. The van der Waals surface area contributed by atoms with Crippen LogP contribution in [0, 0.1) is 5.82 Å². The summed E-state index contributed by atoms with van der Waals surface area (Å²) >= 11 is 1.26. The Labute approximate surface area is 151 Å². The fourth-order valence-electron chi connectivity index (χ4n) is 2.66. The largest absolute Gasteiger partial charge is 0.378 e. The minimum Gasteiger partial charge on any atom is -0.378 e. The summed E-state index contributed by atoms with van der Waals surface area (Å²) in [6.07, 6.45) is 0.800. The van der Waals surface area contributed by atoms with Crippen molar-refractivity contribution in [3.63, 3.8) is 0 Å². The molecule has 0 bridgehead atoms. The van der Waals surface area contributed by atoms with Crippen molar-refractivity contribution < 1.29 is 17.5 Å². The molecule has 0 atom stereocenters. The second kappa shape index (κ2) is 7.82. The van der Waals surface area contributed by atoms with E-state index in [1.807, 2.05) is 17.9 Å². The van der Waals surface area contributed by atoms with Gasteiger partial charge in [0.25, 0.3) is 0 Å². The number of hydrogen-bond acceptors (Lipinski definition) is 5. The van der Waals surface area contributed by atoms with Crippen molar-refractivity contribution in [2.75, 3.05) is 31.2 Å². The molecule has 1 aliphatic rings. The zero-order valence-electron chi connectivity index (χ0n) is 14.0. The smallest absolute Gasteiger partial charge is 0.250 e. The molecule has 5 nitrogen and oxygen atoms in total. The normalized spacial score (nSPS) is 15.5. The molecule has 2 aromatic rings. The predicted octanol–water partition coefficient (Wildman–Crippen LogP) is 2.76. The van der Waals surface area contributed by atoms with E-state index in [0.29, 0.717) is 37.6 Å². The maximum absolute atomic E-state index is 14.4. The molecular weight excluding hydrogens is 363 g/mol. The van der Waals surface area contributed by atoms with Gasteiger partial charge in [0, 0.05) is 24.5 Å². The third-order valence-electron chi connectivity index (χ3n) is 4.08. The standard InChI is InChI=1S/C17H21FN2O3S2/c1-2-14-4-6-17(24-14)25(21,22)19-12-13-3-5-16(15(18)11-13)20-7-9-23-10-8-20/h3-6,11,19H,2,7-10,12H2,1H3. The van der Waals surface area contributed by atoms with Crippen molar-refractivity contribution in [1.29, 1.82) is 0 Å². The Kier molecular flexibility index (Phi) is 5.73. The number of rotatable bonds is 6. The highest BCUT2D eigenvalue weighted by Crippen LogP contribution is 2.24. The van der Waals surface area contributed by atoms with Crippen LogP contribution in [0.5, 0.6) is 0 Å². The second-order valence-electron chi connectivity index (χ2n) is 5.78. The molecule has 1 N–H and O–H groups in total. The maximum atomic E-state index is 14.4. The summed E-state index contributed by atoms with van der Waals surface area (Å²) in [5.74, 6) is -0.344. The van der Waals surface area contributed by atoms with E-state index in [4.69, 9.17) is 4.74 Å². The highest BCUT2D eigenvalue weighted by molar-refractivity contribution is 7.91. The average molecular weight is 384 g/mol. The van der Waals surface area contributed by atoms with E-state index in [1.165, 1.54) is 17.4 Å². The lowest BCUT2D eigenvalue weighted by atomic mass is 10.2. The second-order valence-corrected chi connectivity index (χ2v) is 8.95. The monoisotopic (exact) mass is 384 g/mol. The fourth-order valence-corrected chi connectivity index (χ4v) is 5.02. The van der Waals surface area contributed by atoms with Gasteiger partial charge in [-0.15, -0.1) is 11.3 Å². The fraction of sp³-hybridized carbons (Fsp3) is 0.412. The summed E-state index contributed by atoms with van der Waals surface area (Å²) in [5, 5.41) is 0. The van der Waals surface area contributed by atoms with E-state index in [0.717, 1.165) is 11.3 Å². The van der Waals surface area contributed by atoms with Gasteiger partial charge >= 0.3 is 0 Å². The van der Waals surface area contributed by atoms with Crippen LogP contribution in [0.1, 0.15) is 17.4 Å². The molecule has 0 amide bonds. The van der Waals surface area contributed by atoms with Crippen LogP contribution in [-0.4, -0.2) is 34.7 Å². The highest BCUT2D eigenvalue weighted by Gasteiger charge is 2.18.